The molecule has 2 aliphatic heterocycles. The van der Waals surface area contributed by atoms with Gasteiger partial charge in [-0.2, -0.15) is 5.10 Å². The summed E-state index contributed by atoms with van der Waals surface area (Å²) in [4.78, 5) is 33.6. The average molecular weight is 466 g/mol. The Morgan fingerprint density at radius 1 is 0.939 bits per heavy atom. The van der Waals surface area contributed by atoms with Gasteiger partial charge >= 0.3 is 0 Å². The molecule has 3 aromatic rings. The Morgan fingerprint density at radius 2 is 1.64 bits per heavy atom. The molecule has 5 rings (SSSR count). The molecule has 0 bridgehead atoms. The summed E-state index contributed by atoms with van der Waals surface area (Å²) in [6.07, 6.45) is 2.23. The van der Waals surface area contributed by atoms with Crippen molar-refractivity contribution in [2.45, 2.75) is 33.2 Å². The molecule has 0 N–H and O–H groups in total. The van der Waals surface area contributed by atoms with Gasteiger partial charge in [-0.15, -0.1) is 11.3 Å². The van der Waals surface area contributed by atoms with E-state index in [9.17, 15) is 9.59 Å². The summed E-state index contributed by atoms with van der Waals surface area (Å²) in [5, 5.41) is 5.77. The highest BCUT2D eigenvalue weighted by Crippen LogP contribution is 2.30. The Labute approximate surface area is 198 Å². The maximum absolute atomic E-state index is 13.2. The number of benzene rings is 1. The number of aromatic nitrogens is 2. The summed E-state index contributed by atoms with van der Waals surface area (Å²) in [5.41, 5.74) is 3.40. The average Bonchev–Trinajstić information content (AvgIpc) is 3.55. The first-order valence-corrected chi connectivity index (χ1v) is 12.6. The number of carbonyl (C=O) groups is 2. The van der Waals surface area contributed by atoms with Gasteiger partial charge in [0, 0.05) is 44.7 Å². The Kier molecular flexibility index (Phi) is 6.21. The number of hydrogen-bond acceptors (Lipinski definition) is 5. The van der Waals surface area contributed by atoms with Crippen LogP contribution in [0, 0.1) is 13.8 Å². The molecule has 1 aromatic carbocycles. The van der Waals surface area contributed by atoms with Crippen molar-refractivity contribution in [2.24, 2.45) is 0 Å². The smallest absolute Gasteiger partial charge is 0.264 e. The second-order valence-electron chi connectivity index (χ2n) is 9.21. The van der Waals surface area contributed by atoms with Gasteiger partial charge in [-0.3, -0.25) is 19.2 Å². The normalized spacial score (nSPS) is 17.3. The van der Waals surface area contributed by atoms with Gasteiger partial charge in [0.1, 0.15) is 4.83 Å². The summed E-state index contributed by atoms with van der Waals surface area (Å²) in [6.45, 7) is 9.86. The van der Waals surface area contributed by atoms with Crippen LogP contribution in [0.3, 0.4) is 0 Å². The third-order valence-corrected chi connectivity index (χ3v) is 7.88. The van der Waals surface area contributed by atoms with Crippen LogP contribution in [0.1, 0.15) is 39.3 Å². The molecule has 4 heterocycles. The van der Waals surface area contributed by atoms with Crippen LogP contribution >= 0.6 is 11.3 Å². The zero-order chi connectivity index (χ0) is 22.9. The van der Waals surface area contributed by atoms with E-state index in [0.29, 0.717) is 26.2 Å². The van der Waals surface area contributed by atoms with Gasteiger partial charge in [0.2, 0.25) is 5.91 Å². The lowest BCUT2D eigenvalue weighted by Gasteiger charge is -2.34. The van der Waals surface area contributed by atoms with Crippen molar-refractivity contribution in [3.63, 3.8) is 0 Å². The Morgan fingerprint density at radius 3 is 2.33 bits per heavy atom. The Bertz CT molecular complexity index is 1150. The lowest BCUT2D eigenvalue weighted by atomic mass is 10.1. The van der Waals surface area contributed by atoms with Crippen LogP contribution in [0.4, 0.5) is 0 Å². The number of aryl methyl sites for hydroxylation is 2. The predicted octanol–water partition coefficient (Wildman–Crippen LogP) is 3.14. The van der Waals surface area contributed by atoms with Crippen molar-refractivity contribution in [3.05, 3.63) is 52.0 Å². The van der Waals surface area contributed by atoms with Crippen molar-refractivity contribution in [1.82, 2.24) is 24.5 Å². The van der Waals surface area contributed by atoms with Crippen LogP contribution in [0.15, 0.2) is 30.3 Å². The third-order valence-electron chi connectivity index (χ3n) is 6.75. The van der Waals surface area contributed by atoms with Crippen LogP contribution in [0.2, 0.25) is 0 Å². The van der Waals surface area contributed by atoms with E-state index >= 15 is 0 Å². The maximum atomic E-state index is 13.2. The van der Waals surface area contributed by atoms with E-state index in [2.05, 4.69) is 36.1 Å². The lowest BCUT2D eigenvalue weighted by molar-refractivity contribution is -0.131. The number of likely N-dealkylation sites (tertiary alicyclic amines) is 1. The molecule has 33 heavy (non-hydrogen) atoms. The quantitative estimate of drug-likeness (QED) is 0.581. The standard InChI is InChI=1S/C25H31N5O2S/c1-18-5-7-20(8-6-18)16-30-25-21(19(2)26-30)15-22(33-25)24(32)29-13-11-27(12-14-29)17-23(31)28-9-3-4-10-28/h5-8,15H,3-4,9-14,16-17H2,1-2H3. The van der Waals surface area contributed by atoms with Crippen LogP contribution in [0.5, 0.6) is 0 Å². The Hall–Kier alpha value is -2.71. The zero-order valence-corrected chi connectivity index (χ0v) is 20.2. The molecule has 2 aliphatic rings. The number of piperazine rings is 1. The molecule has 0 radical (unpaired) electrons. The number of hydrogen-bond donors (Lipinski definition) is 0. The number of thiophene rings is 1. The minimum absolute atomic E-state index is 0.0861. The van der Waals surface area contributed by atoms with E-state index in [1.54, 1.807) is 0 Å². The van der Waals surface area contributed by atoms with Crippen molar-refractivity contribution in [2.75, 3.05) is 45.8 Å². The van der Waals surface area contributed by atoms with E-state index in [4.69, 9.17) is 5.10 Å². The second kappa shape index (κ2) is 9.27. The number of nitrogens with zero attached hydrogens (tertiary/aromatic N) is 5. The van der Waals surface area contributed by atoms with Gasteiger partial charge in [-0.25, -0.2) is 0 Å². The SMILES string of the molecule is Cc1ccc(Cn2nc(C)c3cc(C(=O)N4CCN(CC(=O)N5CCCC5)CC4)sc32)cc1. The molecule has 2 aromatic heterocycles. The van der Waals surface area contributed by atoms with Gasteiger partial charge in [0.05, 0.1) is 23.7 Å². The van der Waals surface area contributed by atoms with Gasteiger partial charge < -0.3 is 9.80 Å². The van der Waals surface area contributed by atoms with Crippen molar-refractivity contribution in [3.8, 4) is 0 Å². The topological polar surface area (TPSA) is 61.7 Å². The third kappa shape index (κ3) is 4.68. The lowest BCUT2D eigenvalue weighted by Crippen LogP contribution is -2.51. The first-order valence-electron chi connectivity index (χ1n) is 11.8. The summed E-state index contributed by atoms with van der Waals surface area (Å²) in [7, 11) is 0. The molecule has 0 spiro atoms. The number of fused-ring (bicyclic) bond motifs is 1. The molecule has 8 heteroatoms. The fourth-order valence-electron chi connectivity index (χ4n) is 4.71. The first kappa shape index (κ1) is 22.1. The molecule has 2 amide bonds. The molecule has 2 saturated heterocycles. The highest BCUT2D eigenvalue weighted by Gasteiger charge is 2.27. The molecule has 174 valence electrons. The van der Waals surface area contributed by atoms with Crippen LogP contribution in [-0.2, 0) is 11.3 Å². The zero-order valence-electron chi connectivity index (χ0n) is 19.4. The maximum Gasteiger partial charge on any atom is 0.264 e. The Balaban J connectivity index is 1.23. The van der Waals surface area contributed by atoms with Crippen LogP contribution in [0.25, 0.3) is 10.2 Å². The summed E-state index contributed by atoms with van der Waals surface area (Å²) >= 11 is 1.53. The molecular formula is C25H31N5O2S. The van der Waals surface area contributed by atoms with Crippen LogP contribution in [-0.4, -0.2) is 82.1 Å². The van der Waals surface area contributed by atoms with E-state index in [1.807, 2.05) is 27.5 Å². The minimum atomic E-state index is 0.0861. The molecule has 0 saturated carbocycles. The molecule has 0 unspecified atom stereocenters. The van der Waals surface area contributed by atoms with Crippen molar-refractivity contribution >= 4 is 33.4 Å². The molecule has 0 atom stereocenters. The van der Waals surface area contributed by atoms with Gasteiger partial charge in [0.25, 0.3) is 5.91 Å². The highest BCUT2D eigenvalue weighted by atomic mass is 32.1. The van der Waals surface area contributed by atoms with Crippen molar-refractivity contribution in [1.29, 1.82) is 0 Å². The molecular weight excluding hydrogens is 434 g/mol. The highest BCUT2D eigenvalue weighted by molar-refractivity contribution is 7.20. The van der Waals surface area contributed by atoms with Crippen LogP contribution < -0.4 is 0 Å². The van der Waals surface area contributed by atoms with E-state index in [1.165, 1.54) is 22.5 Å². The molecule has 0 aliphatic carbocycles. The largest absolute Gasteiger partial charge is 0.342 e. The molecule has 7 nitrogen and oxygen atoms in total. The predicted molar refractivity (Wildman–Crippen MR) is 131 cm³/mol. The first-order chi connectivity index (χ1) is 16.0. The van der Waals surface area contributed by atoms with E-state index in [0.717, 1.165) is 59.8 Å². The minimum Gasteiger partial charge on any atom is -0.342 e. The van der Waals surface area contributed by atoms with Gasteiger partial charge in [-0.05, 0) is 38.3 Å². The van der Waals surface area contributed by atoms with Crippen molar-refractivity contribution < 1.29 is 9.59 Å². The van der Waals surface area contributed by atoms with Gasteiger partial charge in [-0.1, -0.05) is 29.8 Å². The number of amides is 2. The fourth-order valence-corrected chi connectivity index (χ4v) is 5.84. The second-order valence-corrected chi connectivity index (χ2v) is 10.2. The number of carbonyl (C=O) groups excluding carboxylic acids is 2. The monoisotopic (exact) mass is 465 g/mol. The summed E-state index contributed by atoms with van der Waals surface area (Å²) in [6, 6.07) is 10.5. The molecule has 2 fully saturated rings. The number of rotatable bonds is 5. The summed E-state index contributed by atoms with van der Waals surface area (Å²) < 4.78 is 2.01. The van der Waals surface area contributed by atoms with E-state index < -0.39 is 0 Å². The van der Waals surface area contributed by atoms with E-state index in [-0.39, 0.29) is 11.8 Å². The van der Waals surface area contributed by atoms with Gasteiger partial charge in [0.15, 0.2) is 0 Å². The fraction of sp³-hybridized carbons (Fsp3) is 0.480. The summed E-state index contributed by atoms with van der Waals surface area (Å²) in [5.74, 6) is 0.313.